The average molecular weight is 263 g/mol. The summed E-state index contributed by atoms with van der Waals surface area (Å²) in [6.07, 6.45) is 2.01. The van der Waals surface area contributed by atoms with E-state index in [4.69, 9.17) is 9.15 Å². The Morgan fingerprint density at radius 1 is 1.53 bits per heavy atom. The molecule has 2 aliphatic rings. The smallest absolute Gasteiger partial charge is 0.224 e. The van der Waals surface area contributed by atoms with Crippen molar-refractivity contribution in [1.29, 1.82) is 0 Å². The van der Waals surface area contributed by atoms with Gasteiger partial charge in [-0.25, -0.2) is 0 Å². The van der Waals surface area contributed by atoms with Crippen molar-refractivity contribution in [1.82, 2.24) is 5.32 Å². The number of carbonyl (C=O) groups excluding carboxylic acids is 1. The van der Waals surface area contributed by atoms with E-state index in [2.05, 4.69) is 5.32 Å². The third-order valence-electron chi connectivity index (χ3n) is 4.54. The lowest BCUT2D eigenvalue weighted by Crippen LogP contribution is -2.30. The first-order valence-electron chi connectivity index (χ1n) is 6.97. The van der Waals surface area contributed by atoms with E-state index in [-0.39, 0.29) is 23.3 Å². The van der Waals surface area contributed by atoms with E-state index in [0.29, 0.717) is 0 Å². The molecule has 1 N–H and O–H groups in total. The second kappa shape index (κ2) is 4.37. The molecule has 4 heteroatoms. The van der Waals surface area contributed by atoms with Crippen LogP contribution in [0, 0.1) is 25.2 Å². The number of hydrogen-bond acceptors (Lipinski definition) is 3. The van der Waals surface area contributed by atoms with Crippen LogP contribution in [0.15, 0.2) is 10.5 Å². The predicted octanol–water partition coefficient (Wildman–Crippen LogP) is 2.50. The normalized spacial score (nSPS) is 30.6. The van der Waals surface area contributed by atoms with Crippen LogP contribution in [-0.4, -0.2) is 19.1 Å². The topological polar surface area (TPSA) is 51.5 Å². The summed E-state index contributed by atoms with van der Waals surface area (Å²) in [4.78, 5) is 12.3. The summed E-state index contributed by atoms with van der Waals surface area (Å²) in [5, 5.41) is 3.11. The molecule has 2 heterocycles. The molecule has 3 unspecified atom stereocenters. The maximum atomic E-state index is 12.3. The molecule has 0 bridgehead atoms. The van der Waals surface area contributed by atoms with Gasteiger partial charge in [-0.2, -0.15) is 0 Å². The first-order chi connectivity index (χ1) is 9.02. The first kappa shape index (κ1) is 12.7. The first-order valence-corrected chi connectivity index (χ1v) is 6.97. The highest BCUT2D eigenvalue weighted by Crippen LogP contribution is 2.58. The molecular formula is C15H21NO3. The van der Waals surface area contributed by atoms with E-state index < -0.39 is 0 Å². The largest absolute Gasteiger partial charge is 0.466 e. The van der Waals surface area contributed by atoms with Gasteiger partial charge in [-0.1, -0.05) is 0 Å². The average Bonchev–Trinajstić information content (AvgIpc) is 2.64. The lowest BCUT2D eigenvalue weighted by molar-refractivity contribution is -0.123. The zero-order valence-electron chi connectivity index (χ0n) is 11.8. The third kappa shape index (κ3) is 2.18. The maximum absolute atomic E-state index is 12.3. The van der Waals surface area contributed by atoms with Crippen molar-refractivity contribution in [3.05, 3.63) is 23.2 Å². The zero-order chi connectivity index (χ0) is 13.6. The van der Waals surface area contributed by atoms with Crippen LogP contribution in [0.3, 0.4) is 0 Å². The molecule has 3 atom stereocenters. The minimum atomic E-state index is 0.00456. The van der Waals surface area contributed by atoms with Gasteiger partial charge in [-0.05, 0) is 39.7 Å². The molecular weight excluding hydrogens is 242 g/mol. The molecule has 1 aromatic rings. The fourth-order valence-electron chi connectivity index (χ4n) is 3.25. The van der Waals surface area contributed by atoms with Gasteiger partial charge < -0.3 is 14.5 Å². The Morgan fingerprint density at radius 3 is 2.89 bits per heavy atom. The standard InChI is InChI=1S/C15H21NO3/c1-9-6-12(11(3)19-9)10(2)16-14(17)13-7-15(13)4-5-18-8-15/h6,10,13H,4-5,7-8H2,1-3H3,(H,16,17). The second-order valence-corrected chi connectivity index (χ2v) is 6.02. The fraction of sp³-hybridized carbons (Fsp3) is 0.667. The van der Waals surface area contributed by atoms with Crippen LogP contribution in [-0.2, 0) is 9.53 Å². The van der Waals surface area contributed by atoms with Crippen molar-refractivity contribution in [3.8, 4) is 0 Å². The van der Waals surface area contributed by atoms with Gasteiger partial charge in [0.1, 0.15) is 11.5 Å². The molecule has 3 rings (SSSR count). The van der Waals surface area contributed by atoms with Crippen molar-refractivity contribution < 1.29 is 13.9 Å². The molecule has 1 spiro atoms. The van der Waals surface area contributed by atoms with Gasteiger partial charge in [0, 0.05) is 23.5 Å². The third-order valence-corrected chi connectivity index (χ3v) is 4.54. The summed E-state index contributed by atoms with van der Waals surface area (Å²) >= 11 is 0. The van der Waals surface area contributed by atoms with Gasteiger partial charge in [0.25, 0.3) is 0 Å². The van der Waals surface area contributed by atoms with E-state index in [9.17, 15) is 4.79 Å². The summed E-state index contributed by atoms with van der Waals surface area (Å²) in [5.41, 5.74) is 1.23. The van der Waals surface area contributed by atoms with Crippen LogP contribution in [0.5, 0.6) is 0 Å². The van der Waals surface area contributed by atoms with Crippen molar-refractivity contribution in [2.75, 3.05) is 13.2 Å². The van der Waals surface area contributed by atoms with Crippen LogP contribution in [0.2, 0.25) is 0 Å². The van der Waals surface area contributed by atoms with Crippen molar-refractivity contribution in [2.45, 2.75) is 39.7 Å². The highest BCUT2D eigenvalue weighted by Gasteiger charge is 2.59. The molecule has 1 saturated carbocycles. The van der Waals surface area contributed by atoms with E-state index in [0.717, 1.165) is 43.1 Å². The maximum Gasteiger partial charge on any atom is 0.224 e. The summed E-state index contributed by atoms with van der Waals surface area (Å²) in [5.74, 6) is 2.09. The second-order valence-electron chi connectivity index (χ2n) is 6.02. The summed E-state index contributed by atoms with van der Waals surface area (Å²) in [7, 11) is 0. The lowest BCUT2D eigenvalue weighted by atomic mass is 10.0. The van der Waals surface area contributed by atoms with E-state index >= 15 is 0 Å². The predicted molar refractivity (Wildman–Crippen MR) is 70.7 cm³/mol. The number of aryl methyl sites for hydroxylation is 2. The van der Waals surface area contributed by atoms with Crippen LogP contribution >= 0.6 is 0 Å². The Morgan fingerprint density at radius 2 is 2.32 bits per heavy atom. The molecule has 1 aliphatic carbocycles. The summed E-state index contributed by atoms with van der Waals surface area (Å²) in [6.45, 7) is 7.43. The highest BCUT2D eigenvalue weighted by atomic mass is 16.5. The number of amides is 1. The number of rotatable bonds is 3. The molecule has 0 radical (unpaired) electrons. The van der Waals surface area contributed by atoms with Gasteiger partial charge in [0.05, 0.1) is 12.6 Å². The Hall–Kier alpha value is -1.29. The monoisotopic (exact) mass is 263 g/mol. The zero-order valence-corrected chi connectivity index (χ0v) is 11.8. The van der Waals surface area contributed by atoms with E-state index in [1.807, 2.05) is 26.8 Å². The van der Waals surface area contributed by atoms with Gasteiger partial charge >= 0.3 is 0 Å². The van der Waals surface area contributed by atoms with E-state index in [1.165, 1.54) is 0 Å². The number of ether oxygens (including phenoxy) is 1. The molecule has 4 nitrogen and oxygen atoms in total. The van der Waals surface area contributed by atoms with E-state index in [1.54, 1.807) is 0 Å². The number of carbonyl (C=O) groups is 1. The number of hydrogen-bond donors (Lipinski definition) is 1. The quantitative estimate of drug-likeness (QED) is 0.911. The van der Waals surface area contributed by atoms with Crippen molar-refractivity contribution in [3.63, 3.8) is 0 Å². The van der Waals surface area contributed by atoms with Gasteiger partial charge in [-0.15, -0.1) is 0 Å². The van der Waals surface area contributed by atoms with Crippen LogP contribution in [0.25, 0.3) is 0 Å². The minimum absolute atomic E-state index is 0.00456. The lowest BCUT2D eigenvalue weighted by Gasteiger charge is -2.14. The number of furan rings is 1. The molecule has 104 valence electrons. The van der Waals surface area contributed by atoms with Gasteiger partial charge in [0.15, 0.2) is 0 Å². The van der Waals surface area contributed by atoms with Gasteiger partial charge in [0.2, 0.25) is 5.91 Å². The minimum Gasteiger partial charge on any atom is -0.466 e. The molecule has 1 aliphatic heterocycles. The Balaban J connectivity index is 1.62. The summed E-state index contributed by atoms with van der Waals surface area (Å²) in [6, 6.07) is 2.01. The summed E-state index contributed by atoms with van der Waals surface area (Å²) < 4.78 is 10.9. The van der Waals surface area contributed by atoms with Crippen LogP contribution in [0.4, 0.5) is 0 Å². The Bertz CT molecular complexity index is 499. The molecule has 1 aromatic heterocycles. The molecule has 1 saturated heterocycles. The van der Waals surface area contributed by atoms with Crippen molar-refractivity contribution in [2.24, 2.45) is 11.3 Å². The highest BCUT2D eigenvalue weighted by molar-refractivity contribution is 5.83. The van der Waals surface area contributed by atoms with Crippen LogP contribution < -0.4 is 5.32 Å². The Kier molecular flexibility index (Phi) is 2.93. The molecule has 2 fully saturated rings. The van der Waals surface area contributed by atoms with Gasteiger partial charge in [-0.3, -0.25) is 4.79 Å². The molecule has 1 amide bonds. The molecule has 19 heavy (non-hydrogen) atoms. The molecule has 0 aromatic carbocycles. The Labute approximate surface area is 113 Å². The SMILES string of the molecule is Cc1cc(C(C)NC(=O)C2CC23CCOC3)c(C)o1. The van der Waals surface area contributed by atoms with Crippen LogP contribution in [0.1, 0.15) is 42.9 Å². The fourth-order valence-corrected chi connectivity index (χ4v) is 3.25. The van der Waals surface area contributed by atoms with Crippen molar-refractivity contribution >= 4 is 5.91 Å². The number of nitrogens with one attached hydrogen (secondary N) is 1.